The fourth-order valence-corrected chi connectivity index (χ4v) is 0.832. The summed E-state index contributed by atoms with van der Waals surface area (Å²) in [5.74, 6) is 0.680. The van der Waals surface area contributed by atoms with Crippen LogP contribution in [-0.2, 0) is 14.2 Å². The van der Waals surface area contributed by atoms with Gasteiger partial charge in [0.05, 0.1) is 12.7 Å². The molecule has 1 heterocycles. The summed E-state index contributed by atoms with van der Waals surface area (Å²) in [5.41, 5.74) is 0. The Hall–Kier alpha value is 0.230. The predicted molar refractivity (Wildman–Crippen MR) is 35.5 cm³/mol. The first-order chi connectivity index (χ1) is 4.36. The van der Waals surface area contributed by atoms with Gasteiger partial charge in [0.15, 0.2) is 0 Å². The van der Waals surface area contributed by atoms with Gasteiger partial charge in [0, 0.05) is 12.9 Å². The molecule has 1 aliphatic heterocycles. The van der Waals surface area contributed by atoms with Crippen LogP contribution < -0.4 is 0 Å². The molecule has 2 unspecified atom stereocenters. The van der Waals surface area contributed by atoms with Crippen LogP contribution in [0.2, 0.25) is 0 Å². The quantitative estimate of drug-likeness (QED) is 0.572. The first-order valence-electron chi connectivity index (χ1n) is 2.77. The molecule has 0 N–H and O–H groups in total. The topological polar surface area (TPSA) is 27.7 Å². The number of hydrogen-bond acceptors (Lipinski definition) is 4. The van der Waals surface area contributed by atoms with Crippen molar-refractivity contribution < 1.29 is 14.2 Å². The molecule has 9 heavy (non-hydrogen) atoms. The minimum atomic E-state index is -0.470. The minimum absolute atomic E-state index is 0.0956. The Labute approximate surface area is 59.7 Å². The molecule has 0 amide bonds. The van der Waals surface area contributed by atoms with E-state index in [2.05, 4.69) is 12.6 Å². The van der Waals surface area contributed by atoms with Crippen molar-refractivity contribution in [3.63, 3.8) is 0 Å². The second-order valence-electron chi connectivity index (χ2n) is 1.80. The lowest BCUT2D eigenvalue weighted by molar-refractivity contribution is -0.221. The maximum Gasteiger partial charge on any atom is 0.271 e. The van der Waals surface area contributed by atoms with Crippen molar-refractivity contribution >= 4 is 12.6 Å². The third-order valence-electron chi connectivity index (χ3n) is 1.12. The Kier molecular flexibility index (Phi) is 2.78. The van der Waals surface area contributed by atoms with Gasteiger partial charge in [-0.05, 0) is 0 Å². The van der Waals surface area contributed by atoms with Crippen molar-refractivity contribution in [3.8, 4) is 0 Å². The molecule has 0 aromatic heterocycles. The Morgan fingerprint density at radius 1 is 1.78 bits per heavy atom. The van der Waals surface area contributed by atoms with Gasteiger partial charge in [0.25, 0.3) is 6.48 Å². The minimum Gasteiger partial charge on any atom is -0.333 e. The summed E-state index contributed by atoms with van der Waals surface area (Å²) in [6.45, 7) is 0.115. The lowest BCUT2D eigenvalue weighted by Gasteiger charge is -2.05. The average Bonchev–Trinajstić information content (AvgIpc) is 2.34. The maximum atomic E-state index is 5.14. The summed E-state index contributed by atoms with van der Waals surface area (Å²) in [7, 11) is 1.55. The highest BCUT2D eigenvalue weighted by molar-refractivity contribution is 7.80. The van der Waals surface area contributed by atoms with Gasteiger partial charge in [-0.1, -0.05) is 0 Å². The SMILES string of the molecule is COC1OCC(CS)O1. The summed E-state index contributed by atoms with van der Waals surface area (Å²) in [6, 6.07) is 0. The summed E-state index contributed by atoms with van der Waals surface area (Å²) in [4.78, 5) is 0. The maximum absolute atomic E-state index is 5.14. The highest BCUT2D eigenvalue weighted by Gasteiger charge is 2.23. The van der Waals surface area contributed by atoms with Crippen molar-refractivity contribution in [1.82, 2.24) is 0 Å². The Morgan fingerprint density at radius 3 is 2.89 bits per heavy atom. The lowest BCUT2D eigenvalue weighted by Crippen LogP contribution is -2.14. The van der Waals surface area contributed by atoms with Crippen LogP contribution in [0.25, 0.3) is 0 Å². The first-order valence-corrected chi connectivity index (χ1v) is 3.40. The standard InChI is InChI=1S/C5H10O3S/c1-6-5-7-2-4(3-9)8-5/h4-5,9H,2-3H2,1H3. The van der Waals surface area contributed by atoms with E-state index in [1.165, 1.54) is 0 Å². The van der Waals surface area contributed by atoms with Gasteiger partial charge in [-0.25, -0.2) is 0 Å². The van der Waals surface area contributed by atoms with E-state index in [4.69, 9.17) is 14.2 Å². The molecular weight excluding hydrogens is 140 g/mol. The molecule has 4 heteroatoms. The van der Waals surface area contributed by atoms with Gasteiger partial charge in [-0.15, -0.1) is 0 Å². The molecular formula is C5H10O3S. The van der Waals surface area contributed by atoms with E-state index in [0.29, 0.717) is 12.4 Å². The molecule has 0 bridgehead atoms. The number of ether oxygens (including phenoxy) is 3. The van der Waals surface area contributed by atoms with E-state index < -0.39 is 6.48 Å². The summed E-state index contributed by atoms with van der Waals surface area (Å²) in [6.07, 6.45) is 0.0956. The van der Waals surface area contributed by atoms with E-state index in [0.717, 1.165) is 0 Å². The molecule has 1 rings (SSSR count). The zero-order valence-corrected chi connectivity index (χ0v) is 6.14. The van der Waals surface area contributed by atoms with Crippen LogP contribution in [0.15, 0.2) is 0 Å². The van der Waals surface area contributed by atoms with Crippen molar-refractivity contribution in [2.75, 3.05) is 19.5 Å². The van der Waals surface area contributed by atoms with Crippen LogP contribution in [0.4, 0.5) is 0 Å². The number of hydrogen-bond donors (Lipinski definition) is 1. The smallest absolute Gasteiger partial charge is 0.271 e. The highest BCUT2D eigenvalue weighted by Crippen LogP contribution is 2.11. The van der Waals surface area contributed by atoms with Crippen LogP contribution in [0.3, 0.4) is 0 Å². The molecule has 0 aliphatic carbocycles. The van der Waals surface area contributed by atoms with Crippen LogP contribution in [0, 0.1) is 0 Å². The van der Waals surface area contributed by atoms with Gasteiger partial charge < -0.3 is 14.2 Å². The monoisotopic (exact) mass is 150 g/mol. The lowest BCUT2D eigenvalue weighted by atomic mass is 10.4. The van der Waals surface area contributed by atoms with Crippen LogP contribution in [-0.4, -0.2) is 32.0 Å². The van der Waals surface area contributed by atoms with Crippen LogP contribution in [0.5, 0.6) is 0 Å². The van der Waals surface area contributed by atoms with E-state index in [1.807, 2.05) is 0 Å². The Morgan fingerprint density at radius 2 is 2.56 bits per heavy atom. The largest absolute Gasteiger partial charge is 0.333 e. The second-order valence-corrected chi connectivity index (χ2v) is 2.16. The fraction of sp³-hybridized carbons (Fsp3) is 1.00. The third-order valence-corrected chi connectivity index (χ3v) is 1.53. The van der Waals surface area contributed by atoms with E-state index in [-0.39, 0.29) is 6.10 Å². The van der Waals surface area contributed by atoms with Gasteiger partial charge in [0.2, 0.25) is 0 Å². The highest BCUT2D eigenvalue weighted by atomic mass is 32.1. The van der Waals surface area contributed by atoms with Crippen molar-refractivity contribution in [2.24, 2.45) is 0 Å². The van der Waals surface area contributed by atoms with Crippen molar-refractivity contribution in [2.45, 2.75) is 12.6 Å². The molecule has 3 nitrogen and oxygen atoms in total. The molecule has 0 radical (unpaired) electrons. The summed E-state index contributed by atoms with van der Waals surface area (Å²) in [5, 5.41) is 0. The molecule has 0 aromatic carbocycles. The van der Waals surface area contributed by atoms with Gasteiger partial charge >= 0.3 is 0 Å². The van der Waals surface area contributed by atoms with Crippen molar-refractivity contribution in [1.29, 1.82) is 0 Å². The number of thiol groups is 1. The summed E-state index contributed by atoms with van der Waals surface area (Å²) < 4.78 is 14.9. The molecule has 1 saturated heterocycles. The van der Waals surface area contributed by atoms with Gasteiger partial charge in [-0.3, -0.25) is 0 Å². The van der Waals surface area contributed by atoms with Crippen LogP contribution >= 0.6 is 12.6 Å². The molecule has 2 atom stereocenters. The van der Waals surface area contributed by atoms with E-state index in [1.54, 1.807) is 7.11 Å². The fourth-order valence-electron chi connectivity index (χ4n) is 0.641. The van der Waals surface area contributed by atoms with Gasteiger partial charge in [0.1, 0.15) is 0 Å². The molecule has 54 valence electrons. The molecule has 0 spiro atoms. The zero-order chi connectivity index (χ0) is 6.69. The van der Waals surface area contributed by atoms with Crippen LogP contribution in [0.1, 0.15) is 0 Å². The molecule has 1 fully saturated rings. The summed E-state index contributed by atoms with van der Waals surface area (Å²) >= 11 is 4.03. The first kappa shape index (κ1) is 7.34. The van der Waals surface area contributed by atoms with Crippen molar-refractivity contribution in [3.05, 3.63) is 0 Å². The molecule has 0 aromatic rings. The number of rotatable bonds is 2. The van der Waals surface area contributed by atoms with E-state index >= 15 is 0 Å². The van der Waals surface area contributed by atoms with E-state index in [9.17, 15) is 0 Å². The Bertz CT molecular complexity index is 78.3. The Balaban J connectivity index is 2.20. The van der Waals surface area contributed by atoms with Gasteiger partial charge in [-0.2, -0.15) is 12.6 Å². The normalized spacial score (nSPS) is 35.3. The second kappa shape index (κ2) is 3.41. The zero-order valence-electron chi connectivity index (χ0n) is 5.24. The predicted octanol–water partition coefficient (Wildman–Crippen LogP) is 0.262. The molecule has 1 aliphatic rings. The number of methoxy groups -OCH3 is 1. The average molecular weight is 150 g/mol. The third kappa shape index (κ3) is 1.82. The molecule has 0 saturated carbocycles.